The van der Waals surface area contributed by atoms with Gasteiger partial charge < -0.3 is 24.7 Å². The molecule has 35 heavy (non-hydrogen) atoms. The van der Waals surface area contributed by atoms with E-state index in [1.165, 1.54) is 18.3 Å². The van der Waals surface area contributed by atoms with Gasteiger partial charge in [0.25, 0.3) is 5.56 Å². The van der Waals surface area contributed by atoms with E-state index < -0.39 is 56.0 Å². The van der Waals surface area contributed by atoms with E-state index in [0.717, 1.165) is 21.4 Å². The molecule has 0 amide bonds. The van der Waals surface area contributed by atoms with Crippen LogP contribution in [0.4, 0.5) is 4.39 Å². The first-order chi connectivity index (χ1) is 16.5. The highest BCUT2D eigenvalue weighted by Crippen LogP contribution is 2.38. The molecule has 2 aromatic heterocycles. The largest absolute Gasteiger partial charge is 0.469 e. The molecule has 0 bridgehead atoms. The maximum Gasteiger partial charge on any atom is 0.469 e. The summed E-state index contributed by atoms with van der Waals surface area (Å²) >= 11 is 0. The van der Waals surface area contributed by atoms with Crippen molar-refractivity contribution in [2.45, 2.75) is 31.1 Å². The fourth-order valence-corrected chi connectivity index (χ4v) is 4.05. The third-order valence-corrected chi connectivity index (χ3v) is 5.89. The summed E-state index contributed by atoms with van der Waals surface area (Å²) in [7, 11) is -4.86. The second-order valence-corrected chi connectivity index (χ2v) is 9.05. The van der Waals surface area contributed by atoms with E-state index in [9.17, 15) is 28.8 Å². The molecular formula is C21H21FN3O9P. The summed E-state index contributed by atoms with van der Waals surface area (Å²) in [6.07, 6.45) is -3.55. The van der Waals surface area contributed by atoms with E-state index in [1.807, 2.05) is 0 Å². The SMILES string of the molecule is O=c1ccn([C@@H]2O[C@H](COP(=O)(O)O)C(O)C2O)c(=O)n1Cc1cc(-c2cccc(F)c2)ccn1. The Kier molecular flexibility index (Phi) is 7.10. The van der Waals surface area contributed by atoms with Crippen LogP contribution in [0.15, 0.2) is 64.4 Å². The highest BCUT2D eigenvalue weighted by molar-refractivity contribution is 7.46. The van der Waals surface area contributed by atoms with E-state index in [2.05, 4.69) is 9.51 Å². The van der Waals surface area contributed by atoms with Crippen LogP contribution in [0.25, 0.3) is 11.1 Å². The summed E-state index contributed by atoms with van der Waals surface area (Å²) in [4.78, 5) is 47.4. The minimum absolute atomic E-state index is 0.252. The summed E-state index contributed by atoms with van der Waals surface area (Å²) in [5.74, 6) is -0.426. The zero-order valence-electron chi connectivity index (χ0n) is 17.9. The molecule has 3 aromatic rings. The van der Waals surface area contributed by atoms with Crippen LogP contribution in [0.3, 0.4) is 0 Å². The number of aromatic nitrogens is 3. The van der Waals surface area contributed by atoms with E-state index in [1.54, 1.807) is 24.3 Å². The van der Waals surface area contributed by atoms with Crippen LogP contribution in [0.5, 0.6) is 0 Å². The van der Waals surface area contributed by atoms with Crippen molar-refractivity contribution >= 4 is 7.82 Å². The van der Waals surface area contributed by atoms with Gasteiger partial charge in [-0.2, -0.15) is 0 Å². The third-order valence-electron chi connectivity index (χ3n) is 5.41. The number of pyridine rings is 1. The van der Waals surface area contributed by atoms with Gasteiger partial charge in [-0.15, -0.1) is 0 Å². The summed E-state index contributed by atoms with van der Waals surface area (Å²) in [6.45, 7) is -0.998. The zero-order valence-corrected chi connectivity index (χ0v) is 18.8. The molecule has 2 unspecified atom stereocenters. The van der Waals surface area contributed by atoms with Gasteiger partial charge >= 0.3 is 13.5 Å². The monoisotopic (exact) mass is 509 g/mol. The van der Waals surface area contributed by atoms with Gasteiger partial charge in [-0.3, -0.25) is 23.4 Å². The van der Waals surface area contributed by atoms with Crippen molar-refractivity contribution in [2.75, 3.05) is 6.61 Å². The maximum atomic E-state index is 13.6. The molecule has 14 heteroatoms. The van der Waals surface area contributed by atoms with Crippen molar-refractivity contribution < 1.29 is 38.2 Å². The first kappa shape index (κ1) is 25.1. The molecule has 1 aliphatic rings. The topological polar surface area (TPSA) is 173 Å². The Hall–Kier alpha value is -3.03. The quantitative estimate of drug-likeness (QED) is 0.317. The highest BCUT2D eigenvalue weighted by Gasteiger charge is 2.45. The highest BCUT2D eigenvalue weighted by atomic mass is 31.2. The van der Waals surface area contributed by atoms with Gasteiger partial charge in [0.15, 0.2) is 6.23 Å². The lowest BCUT2D eigenvalue weighted by Gasteiger charge is -2.18. The average molecular weight is 509 g/mol. The Morgan fingerprint density at radius 3 is 2.54 bits per heavy atom. The Morgan fingerprint density at radius 2 is 1.83 bits per heavy atom. The molecule has 12 nitrogen and oxygen atoms in total. The smallest absolute Gasteiger partial charge is 0.387 e. The number of nitrogens with zero attached hydrogens (tertiary/aromatic N) is 3. The summed E-state index contributed by atoms with van der Waals surface area (Å²) in [5, 5.41) is 20.5. The molecule has 1 saturated heterocycles. The Bertz CT molecular complexity index is 1390. The van der Waals surface area contributed by atoms with Gasteiger partial charge in [-0.25, -0.2) is 13.8 Å². The lowest BCUT2D eigenvalue weighted by molar-refractivity contribution is -0.0548. The normalized spacial score (nSPS) is 22.4. The Morgan fingerprint density at radius 1 is 1.09 bits per heavy atom. The lowest BCUT2D eigenvalue weighted by Crippen LogP contribution is -2.43. The van der Waals surface area contributed by atoms with Crippen molar-refractivity contribution in [3.8, 4) is 11.1 Å². The van der Waals surface area contributed by atoms with Crippen LogP contribution in [0, 0.1) is 5.82 Å². The average Bonchev–Trinajstić information content (AvgIpc) is 3.09. The van der Waals surface area contributed by atoms with Crippen molar-refractivity contribution in [2.24, 2.45) is 0 Å². The van der Waals surface area contributed by atoms with Crippen LogP contribution in [0.1, 0.15) is 11.9 Å². The summed E-state index contributed by atoms with van der Waals surface area (Å²) in [6, 6.07) is 10.2. The second kappa shape index (κ2) is 9.91. The molecule has 1 aromatic carbocycles. The predicted octanol–water partition coefficient (Wildman–Crippen LogP) is -0.0121. The summed E-state index contributed by atoms with van der Waals surface area (Å²) in [5.41, 5.74) is -0.0395. The molecule has 0 saturated carbocycles. The fraction of sp³-hybridized carbons (Fsp3) is 0.286. The first-order valence-corrected chi connectivity index (χ1v) is 11.8. The number of halogens is 1. The van der Waals surface area contributed by atoms with E-state index in [-0.39, 0.29) is 6.54 Å². The second-order valence-electron chi connectivity index (χ2n) is 7.81. The molecule has 1 aliphatic heterocycles. The molecule has 4 N–H and O–H groups in total. The standard InChI is InChI=1S/C21H21FN3O9P/c22-14-3-1-2-12(8-14)13-4-6-23-15(9-13)10-25-17(26)5-7-24(21(25)29)20-19(28)18(27)16(34-20)11-33-35(30,31)32/h1-9,16,18-20,27-28H,10-11H2,(H2,30,31,32)/t16-,18?,19?,20-/m1/s1. The lowest BCUT2D eigenvalue weighted by atomic mass is 10.1. The van der Waals surface area contributed by atoms with E-state index in [0.29, 0.717) is 16.8 Å². The van der Waals surface area contributed by atoms with Crippen LogP contribution in [0.2, 0.25) is 0 Å². The third kappa shape index (κ3) is 5.63. The minimum atomic E-state index is -4.86. The van der Waals surface area contributed by atoms with E-state index in [4.69, 9.17) is 14.5 Å². The van der Waals surface area contributed by atoms with Crippen LogP contribution in [-0.4, -0.2) is 59.0 Å². The van der Waals surface area contributed by atoms with Crippen molar-refractivity contribution in [3.05, 3.63) is 87.2 Å². The number of aliphatic hydroxyl groups excluding tert-OH is 2. The molecule has 4 atom stereocenters. The zero-order chi connectivity index (χ0) is 25.3. The van der Waals surface area contributed by atoms with Crippen LogP contribution >= 0.6 is 7.82 Å². The Balaban J connectivity index is 1.61. The molecule has 3 heterocycles. The predicted molar refractivity (Wildman–Crippen MR) is 118 cm³/mol. The van der Waals surface area contributed by atoms with Gasteiger partial charge in [0, 0.05) is 18.5 Å². The minimum Gasteiger partial charge on any atom is -0.387 e. The van der Waals surface area contributed by atoms with Gasteiger partial charge in [0.1, 0.15) is 24.1 Å². The van der Waals surface area contributed by atoms with E-state index >= 15 is 0 Å². The van der Waals surface area contributed by atoms with Gasteiger partial charge in [-0.1, -0.05) is 12.1 Å². The van der Waals surface area contributed by atoms with Gasteiger partial charge in [0.2, 0.25) is 0 Å². The number of phosphoric ester groups is 1. The molecule has 186 valence electrons. The molecule has 0 spiro atoms. The van der Waals surface area contributed by atoms with Crippen LogP contribution < -0.4 is 11.2 Å². The van der Waals surface area contributed by atoms with Gasteiger partial charge in [-0.05, 0) is 35.4 Å². The van der Waals surface area contributed by atoms with Crippen molar-refractivity contribution in [1.29, 1.82) is 0 Å². The first-order valence-electron chi connectivity index (χ1n) is 10.3. The van der Waals surface area contributed by atoms with Gasteiger partial charge in [0.05, 0.1) is 18.8 Å². The molecule has 0 radical (unpaired) electrons. The maximum absolute atomic E-state index is 13.6. The Labute approximate surface area is 196 Å². The number of rotatable bonds is 7. The molecule has 0 aliphatic carbocycles. The number of hydrogen-bond donors (Lipinski definition) is 4. The number of benzene rings is 1. The molecular weight excluding hydrogens is 488 g/mol. The van der Waals surface area contributed by atoms with Crippen molar-refractivity contribution in [3.63, 3.8) is 0 Å². The van der Waals surface area contributed by atoms with Crippen molar-refractivity contribution in [1.82, 2.24) is 14.1 Å². The number of aliphatic hydroxyl groups is 2. The number of phosphoric acid groups is 1. The fourth-order valence-electron chi connectivity index (χ4n) is 3.71. The molecule has 1 fully saturated rings. The summed E-state index contributed by atoms with van der Waals surface area (Å²) < 4.78 is 36.0. The number of hydrogen-bond acceptors (Lipinski definition) is 8. The molecule has 4 rings (SSSR count). The van der Waals surface area contributed by atoms with Crippen LogP contribution in [-0.2, 0) is 20.4 Å². The number of ether oxygens (including phenoxy) is 1.